The number of rotatable bonds is 6. The molecule has 1 aromatic heterocycles. The van der Waals surface area contributed by atoms with Gasteiger partial charge in [-0.15, -0.1) is 0 Å². The zero-order chi connectivity index (χ0) is 13.9. The van der Waals surface area contributed by atoms with Crippen LogP contribution < -0.4 is 5.32 Å². The highest BCUT2D eigenvalue weighted by Gasteiger charge is 2.15. The summed E-state index contributed by atoms with van der Waals surface area (Å²) in [6.45, 7) is 8.25. The molecule has 0 radical (unpaired) electrons. The molecule has 0 unspecified atom stereocenters. The minimum absolute atomic E-state index is 0.0464. The van der Waals surface area contributed by atoms with Crippen LogP contribution in [-0.4, -0.2) is 29.8 Å². The number of nitrogens with one attached hydrogen (secondary N) is 2. The lowest BCUT2D eigenvalue weighted by atomic mass is 9.95. The van der Waals surface area contributed by atoms with Gasteiger partial charge in [0.05, 0.1) is 0 Å². The Morgan fingerprint density at radius 1 is 1.26 bits per heavy atom. The number of benzene rings is 1. The molecule has 0 bridgehead atoms. The first-order valence-corrected chi connectivity index (χ1v) is 6.91. The van der Waals surface area contributed by atoms with Crippen molar-refractivity contribution in [1.29, 1.82) is 0 Å². The van der Waals surface area contributed by atoms with Gasteiger partial charge >= 0.3 is 0 Å². The van der Waals surface area contributed by atoms with Crippen LogP contribution in [0.25, 0.3) is 10.9 Å². The number of fused-ring (bicyclic) bond motifs is 1. The summed E-state index contributed by atoms with van der Waals surface area (Å²) in [7, 11) is 0. The van der Waals surface area contributed by atoms with E-state index in [0.717, 1.165) is 19.5 Å². The fourth-order valence-corrected chi connectivity index (χ4v) is 2.35. The number of aromatic amines is 1. The van der Waals surface area contributed by atoms with E-state index < -0.39 is 0 Å². The van der Waals surface area contributed by atoms with Gasteiger partial charge in [-0.05, 0) is 31.5 Å². The second-order valence-corrected chi connectivity index (χ2v) is 6.02. The standard InChI is InChI=1S/C16H24N2O/c1-12-13(8-9-17-10-16(2,3)11-19)14-6-4-5-7-15(14)18-12/h4-7,17-19H,8-11H2,1-3H3. The molecule has 2 aromatic rings. The van der Waals surface area contributed by atoms with Crippen LogP contribution in [0, 0.1) is 12.3 Å². The van der Waals surface area contributed by atoms with Crippen LogP contribution in [0.4, 0.5) is 0 Å². The average Bonchev–Trinajstić information content (AvgIpc) is 2.71. The number of aryl methyl sites for hydroxylation is 1. The first-order chi connectivity index (χ1) is 9.03. The molecule has 0 saturated heterocycles. The fraction of sp³-hybridized carbons (Fsp3) is 0.500. The minimum Gasteiger partial charge on any atom is -0.396 e. The van der Waals surface area contributed by atoms with E-state index in [9.17, 15) is 5.11 Å². The number of H-pyrrole nitrogens is 1. The maximum Gasteiger partial charge on any atom is 0.0494 e. The Hall–Kier alpha value is -1.32. The van der Waals surface area contributed by atoms with Crippen LogP contribution in [0.15, 0.2) is 24.3 Å². The van der Waals surface area contributed by atoms with Crippen LogP contribution in [-0.2, 0) is 6.42 Å². The van der Waals surface area contributed by atoms with Crippen molar-refractivity contribution in [3.05, 3.63) is 35.5 Å². The van der Waals surface area contributed by atoms with E-state index in [0.29, 0.717) is 0 Å². The van der Waals surface area contributed by atoms with Gasteiger partial charge < -0.3 is 15.4 Å². The van der Waals surface area contributed by atoms with Crippen molar-refractivity contribution in [2.24, 2.45) is 5.41 Å². The molecule has 0 aliphatic rings. The molecule has 0 saturated carbocycles. The molecule has 0 fully saturated rings. The van der Waals surface area contributed by atoms with Crippen molar-refractivity contribution in [3.63, 3.8) is 0 Å². The SMILES string of the molecule is Cc1[nH]c2ccccc2c1CCNCC(C)(C)CO. The molecule has 19 heavy (non-hydrogen) atoms. The highest BCUT2D eigenvalue weighted by atomic mass is 16.3. The zero-order valence-electron chi connectivity index (χ0n) is 12.1. The van der Waals surface area contributed by atoms with Crippen LogP contribution in [0.5, 0.6) is 0 Å². The molecule has 2 rings (SSSR count). The van der Waals surface area contributed by atoms with E-state index >= 15 is 0 Å². The van der Waals surface area contributed by atoms with Crippen LogP contribution in [0.1, 0.15) is 25.1 Å². The highest BCUT2D eigenvalue weighted by Crippen LogP contribution is 2.22. The summed E-state index contributed by atoms with van der Waals surface area (Å²) in [6.07, 6.45) is 1.01. The Balaban J connectivity index is 1.97. The van der Waals surface area contributed by atoms with E-state index in [1.807, 2.05) is 0 Å². The fourth-order valence-electron chi connectivity index (χ4n) is 2.35. The normalized spacial score (nSPS) is 12.2. The second kappa shape index (κ2) is 5.76. The second-order valence-electron chi connectivity index (χ2n) is 6.02. The van der Waals surface area contributed by atoms with Crippen molar-refractivity contribution >= 4 is 10.9 Å². The topological polar surface area (TPSA) is 48.0 Å². The van der Waals surface area contributed by atoms with Crippen molar-refractivity contribution in [3.8, 4) is 0 Å². The van der Waals surface area contributed by atoms with Crippen LogP contribution in [0.3, 0.4) is 0 Å². The van der Waals surface area contributed by atoms with Gasteiger partial charge in [-0.1, -0.05) is 32.0 Å². The van der Waals surface area contributed by atoms with E-state index in [-0.39, 0.29) is 12.0 Å². The Bertz CT molecular complexity index is 543. The summed E-state index contributed by atoms with van der Waals surface area (Å²) in [4.78, 5) is 3.43. The predicted octanol–water partition coefficient (Wildman–Crippen LogP) is 2.63. The van der Waals surface area contributed by atoms with Gasteiger partial charge in [0, 0.05) is 35.2 Å². The molecule has 3 nitrogen and oxygen atoms in total. The number of aromatic nitrogens is 1. The molecule has 104 valence electrons. The molecule has 1 heterocycles. The average molecular weight is 260 g/mol. The van der Waals surface area contributed by atoms with Gasteiger partial charge in [-0.3, -0.25) is 0 Å². The lowest BCUT2D eigenvalue weighted by Gasteiger charge is -2.21. The van der Waals surface area contributed by atoms with Crippen molar-refractivity contribution in [2.45, 2.75) is 27.2 Å². The maximum absolute atomic E-state index is 9.22. The van der Waals surface area contributed by atoms with Gasteiger partial charge in [0.1, 0.15) is 0 Å². The molecule has 3 N–H and O–H groups in total. The molecule has 0 aliphatic carbocycles. The smallest absolute Gasteiger partial charge is 0.0494 e. The van der Waals surface area contributed by atoms with E-state index in [2.05, 4.69) is 55.3 Å². The maximum atomic E-state index is 9.22. The van der Waals surface area contributed by atoms with Crippen molar-refractivity contribution in [1.82, 2.24) is 10.3 Å². The monoisotopic (exact) mass is 260 g/mol. The van der Waals surface area contributed by atoms with E-state index in [4.69, 9.17) is 0 Å². The largest absolute Gasteiger partial charge is 0.396 e. The van der Waals surface area contributed by atoms with Gasteiger partial charge in [-0.25, -0.2) is 0 Å². The highest BCUT2D eigenvalue weighted by molar-refractivity contribution is 5.84. The predicted molar refractivity (Wildman–Crippen MR) is 80.5 cm³/mol. The van der Waals surface area contributed by atoms with Crippen LogP contribution in [0.2, 0.25) is 0 Å². The van der Waals surface area contributed by atoms with Crippen LogP contribution >= 0.6 is 0 Å². The Labute approximate surface area is 115 Å². The minimum atomic E-state index is -0.0464. The molecular weight excluding hydrogens is 236 g/mol. The molecule has 0 aliphatic heterocycles. The lowest BCUT2D eigenvalue weighted by Crippen LogP contribution is -2.33. The number of aliphatic hydroxyl groups excluding tert-OH is 1. The van der Waals surface area contributed by atoms with Gasteiger partial charge in [0.2, 0.25) is 0 Å². The first-order valence-electron chi connectivity index (χ1n) is 6.91. The molecule has 0 atom stereocenters. The zero-order valence-corrected chi connectivity index (χ0v) is 12.1. The number of hydrogen-bond acceptors (Lipinski definition) is 2. The lowest BCUT2D eigenvalue weighted by molar-refractivity contribution is 0.157. The molecular formula is C16H24N2O. The van der Waals surface area contributed by atoms with Crippen molar-refractivity contribution < 1.29 is 5.11 Å². The number of aliphatic hydroxyl groups is 1. The quantitative estimate of drug-likeness (QED) is 0.699. The Morgan fingerprint density at radius 2 is 2.00 bits per heavy atom. The first kappa shape index (κ1) is 14.1. The molecule has 3 heteroatoms. The Morgan fingerprint density at radius 3 is 2.74 bits per heavy atom. The number of para-hydroxylation sites is 1. The summed E-state index contributed by atoms with van der Waals surface area (Å²) in [5.74, 6) is 0. The third-order valence-electron chi connectivity index (χ3n) is 3.61. The number of hydrogen-bond donors (Lipinski definition) is 3. The summed E-state index contributed by atoms with van der Waals surface area (Å²) in [6, 6.07) is 8.44. The molecule has 1 aromatic carbocycles. The van der Waals surface area contributed by atoms with Gasteiger partial charge in [0.25, 0.3) is 0 Å². The third kappa shape index (κ3) is 3.37. The summed E-state index contributed by atoms with van der Waals surface area (Å²) in [5.41, 5.74) is 3.81. The van der Waals surface area contributed by atoms with E-state index in [1.165, 1.54) is 22.2 Å². The third-order valence-corrected chi connectivity index (χ3v) is 3.61. The molecule has 0 spiro atoms. The summed E-state index contributed by atoms with van der Waals surface area (Å²) >= 11 is 0. The molecule has 0 amide bonds. The van der Waals surface area contributed by atoms with Gasteiger partial charge in [0.15, 0.2) is 0 Å². The summed E-state index contributed by atoms with van der Waals surface area (Å²) in [5, 5.41) is 14.0. The van der Waals surface area contributed by atoms with Gasteiger partial charge in [-0.2, -0.15) is 0 Å². The van der Waals surface area contributed by atoms with Crippen molar-refractivity contribution in [2.75, 3.05) is 19.7 Å². The summed E-state index contributed by atoms with van der Waals surface area (Å²) < 4.78 is 0. The Kier molecular flexibility index (Phi) is 4.27. The van der Waals surface area contributed by atoms with E-state index in [1.54, 1.807) is 0 Å².